The lowest BCUT2D eigenvalue weighted by molar-refractivity contribution is 0.603. The molecule has 0 amide bonds. The summed E-state index contributed by atoms with van der Waals surface area (Å²) in [4.78, 5) is 23.3. The van der Waals surface area contributed by atoms with Crippen LogP contribution in [0.4, 0.5) is 5.82 Å². The van der Waals surface area contributed by atoms with Crippen molar-refractivity contribution in [3.8, 4) is 0 Å². The van der Waals surface area contributed by atoms with Crippen LogP contribution in [0.15, 0.2) is 21.9 Å². The molecule has 8 nitrogen and oxygen atoms in total. The van der Waals surface area contributed by atoms with Crippen LogP contribution in [0, 0.1) is 0 Å². The Labute approximate surface area is 109 Å². The quantitative estimate of drug-likeness (QED) is 0.755. The summed E-state index contributed by atoms with van der Waals surface area (Å²) in [5.41, 5.74) is 0.185. The fourth-order valence-corrected chi connectivity index (χ4v) is 1.76. The largest absolute Gasteiger partial charge is 0.364 e. The summed E-state index contributed by atoms with van der Waals surface area (Å²) < 4.78 is 3.93. The molecule has 0 unspecified atom stereocenters. The van der Waals surface area contributed by atoms with Crippen molar-refractivity contribution in [3.63, 3.8) is 0 Å². The molecule has 2 aromatic heterocycles. The van der Waals surface area contributed by atoms with Gasteiger partial charge in [0, 0.05) is 46.0 Å². The molecule has 0 bridgehead atoms. The normalized spacial score (nSPS) is 10.7. The minimum atomic E-state index is -0.442. The summed E-state index contributed by atoms with van der Waals surface area (Å²) in [6.07, 6.45) is 2.43. The Morgan fingerprint density at radius 3 is 2.58 bits per heavy atom. The van der Waals surface area contributed by atoms with Gasteiger partial charge in [0.15, 0.2) is 0 Å². The van der Waals surface area contributed by atoms with Gasteiger partial charge in [0.1, 0.15) is 0 Å². The zero-order valence-corrected chi connectivity index (χ0v) is 11.1. The number of hydrogen-bond acceptors (Lipinski definition) is 5. The third-order valence-electron chi connectivity index (χ3n) is 2.92. The topological polar surface area (TPSA) is 86.7 Å². The monoisotopic (exact) mass is 264 g/mol. The van der Waals surface area contributed by atoms with Crippen molar-refractivity contribution in [1.29, 1.82) is 0 Å². The first kappa shape index (κ1) is 13.1. The van der Waals surface area contributed by atoms with Gasteiger partial charge in [-0.15, -0.1) is 5.10 Å². The van der Waals surface area contributed by atoms with Crippen molar-refractivity contribution in [2.75, 3.05) is 11.9 Å². The van der Waals surface area contributed by atoms with Crippen molar-refractivity contribution in [1.82, 2.24) is 24.1 Å². The first-order chi connectivity index (χ1) is 9.00. The van der Waals surface area contributed by atoms with Crippen LogP contribution in [0.2, 0.25) is 0 Å². The predicted molar refractivity (Wildman–Crippen MR) is 70.1 cm³/mol. The highest BCUT2D eigenvalue weighted by atomic mass is 16.2. The minimum absolute atomic E-state index is 0.173. The van der Waals surface area contributed by atoms with Crippen LogP contribution in [0.3, 0.4) is 0 Å². The van der Waals surface area contributed by atoms with Gasteiger partial charge in [0.05, 0.1) is 0 Å². The van der Waals surface area contributed by atoms with Crippen LogP contribution in [0.5, 0.6) is 0 Å². The Balaban J connectivity index is 2.11. The molecule has 0 radical (unpaired) electrons. The summed E-state index contributed by atoms with van der Waals surface area (Å²) in [5, 5.41) is 10.9. The van der Waals surface area contributed by atoms with Crippen LogP contribution in [-0.2, 0) is 27.6 Å². The molecule has 0 spiro atoms. The van der Waals surface area contributed by atoms with E-state index in [4.69, 9.17) is 0 Å². The van der Waals surface area contributed by atoms with Crippen LogP contribution in [0.1, 0.15) is 5.69 Å². The van der Waals surface area contributed by atoms with Crippen molar-refractivity contribution in [3.05, 3.63) is 38.8 Å². The highest BCUT2D eigenvalue weighted by molar-refractivity contribution is 5.29. The Bertz CT molecular complexity index is 696. The van der Waals surface area contributed by atoms with E-state index in [2.05, 4.69) is 15.5 Å². The number of anilines is 1. The lowest BCUT2D eigenvalue weighted by atomic mass is 10.3. The SMILES string of the molecule is Cn1nccc1CCNc1nn(C)c(=O)n(C)c1=O. The molecule has 0 atom stereocenters. The molecule has 2 rings (SSSR count). The second-order valence-corrected chi connectivity index (χ2v) is 4.24. The molecule has 2 aromatic rings. The van der Waals surface area contributed by atoms with Gasteiger partial charge < -0.3 is 5.32 Å². The molecule has 8 heteroatoms. The van der Waals surface area contributed by atoms with Gasteiger partial charge in [-0.25, -0.2) is 9.48 Å². The standard InChI is InChI=1S/C11H16N6O2/c1-15-10(18)9(14-17(3)11(15)19)12-6-4-8-5-7-13-16(8)2/h5,7H,4,6H2,1-3H3,(H,12,14). The molecule has 0 saturated heterocycles. The molecule has 0 aromatic carbocycles. The lowest BCUT2D eigenvalue weighted by Gasteiger charge is -2.08. The fraction of sp³-hybridized carbons (Fsp3) is 0.455. The van der Waals surface area contributed by atoms with Crippen molar-refractivity contribution < 1.29 is 0 Å². The first-order valence-electron chi connectivity index (χ1n) is 5.86. The van der Waals surface area contributed by atoms with E-state index in [-0.39, 0.29) is 5.82 Å². The van der Waals surface area contributed by atoms with Gasteiger partial charge in [-0.05, 0) is 6.07 Å². The van der Waals surface area contributed by atoms with E-state index in [9.17, 15) is 9.59 Å². The highest BCUT2D eigenvalue weighted by Gasteiger charge is 2.08. The molecule has 0 fully saturated rings. The number of nitrogens with zero attached hydrogens (tertiary/aromatic N) is 5. The molecule has 2 heterocycles. The molecule has 0 aliphatic carbocycles. The molecule has 0 saturated carbocycles. The zero-order chi connectivity index (χ0) is 14.0. The van der Waals surface area contributed by atoms with Crippen LogP contribution < -0.4 is 16.6 Å². The molecule has 0 aliphatic rings. The maximum atomic E-state index is 11.8. The van der Waals surface area contributed by atoms with E-state index < -0.39 is 11.2 Å². The Hall–Kier alpha value is -2.38. The molecular weight excluding hydrogens is 248 g/mol. The van der Waals surface area contributed by atoms with Gasteiger partial charge >= 0.3 is 5.69 Å². The summed E-state index contributed by atoms with van der Waals surface area (Å²) in [6.45, 7) is 0.542. The number of aryl methyl sites for hydroxylation is 2. The minimum Gasteiger partial charge on any atom is -0.364 e. The highest BCUT2D eigenvalue weighted by Crippen LogP contribution is 1.98. The molecular formula is C11H16N6O2. The van der Waals surface area contributed by atoms with Crippen LogP contribution >= 0.6 is 0 Å². The smallest absolute Gasteiger partial charge is 0.346 e. The second kappa shape index (κ2) is 5.09. The number of rotatable bonds is 4. The van der Waals surface area contributed by atoms with Gasteiger partial charge in [-0.1, -0.05) is 0 Å². The maximum absolute atomic E-state index is 11.8. The van der Waals surface area contributed by atoms with E-state index in [1.807, 2.05) is 13.1 Å². The van der Waals surface area contributed by atoms with Crippen molar-refractivity contribution in [2.45, 2.75) is 6.42 Å². The molecule has 102 valence electrons. The fourth-order valence-electron chi connectivity index (χ4n) is 1.76. The van der Waals surface area contributed by atoms with E-state index in [1.165, 1.54) is 14.1 Å². The van der Waals surface area contributed by atoms with Crippen molar-refractivity contribution in [2.24, 2.45) is 21.1 Å². The zero-order valence-electron chi connectivity index (χ0n) is 11.1. The maximum Gasteiger partial charge on any atom is 0.346 e. The predicted octanol–water partition coefficient (Wildman–Crippen LogP) is -1.13. The van der Waals surface area contributed by atoms with Gasteiger partial charge in [-0.3, -0.25) is 14.0 Å². The molecule has 0 aliphatic heterocycles. The Morgan fingerprint density at radius 2 is 1.95 bits per heavy atom. The van der Waals surface area contributed by atoms with Gasteiger partial charge in [0.25, 0.3) is 5.56 Å². The van der Waals surface area contributed by atoms with E-state index in [0.717, 1.165) is 14.9 Å². The summed E-state index contributed by atoms with van der Waals surface area (Å²) >= 11 is 0. The molecule has 19 heavy (non-hydrogen) atoms. The Morgan fingerprint density at radius 1 is 1.21 bits per heavy atom. The third-order valence-corrected chi connectivity index (χ3v) is 2.92. The first-order valence-corrected chi connectivity index (χ1v) is 5.86. The average molecular weight is 264 g/mol. The van der Waals surface area contributed by atoms with Crippen LogP contribution in [0.25, 0.3) is 0 Å². The van der Waals surface area contributed by atoms with Gasteiger partial charge in [0.2, 0.25) is 5.82 Å². The summed E-state index contributed by atoms with van der Waals surface area (Å²) in [5.74, 6) is 0.173. The summed E-state index contributed by atoms with van der Waals surface area (Å²) in [6, 6.07) is 1.91. The van der Waals surface area contributed by atoms with Gasteiger partial charge in [-0.2, -0.15) is 5.10 Å². The molecule has 1 N–H and O–H groups in total. The summed E-state index contributed by atoms with van der Waals surface area (Å²) in [7, 11) is 4.80. The third kappa shape index (κ3) is 2.56. The number of nitrogens with one attached hydrogen (secondary N) is 1. The van der Waals surface area contributed by atoms with E-state index in [0.29, 0.717) is 13.0 Å². The lowest BCUT2D eigenvalue weighted by Crippen LogP contribution is -2.40. The van der Waals surface area contributed by atoms with E-state index in [1.54, 1.807) is 10.9 Å². The average Bonchev–Trinajstić information content (AvgIpc) is 2.79. The van der Waals surface area contributed by atoms with Crippen molar-refractivity contribution >= 4 is 5.82 Å². The Kier molecular flexibility index (Phi) is 3.50. The second-order valence-electron chi connectivity index (χ2n) is 4.24. The van der Waals surface area contributed by atoms with E-state index >= 15 is 0 Å². The van der Waals surface area contributed by atoms with Crippen LogP contribution in [-0.4, -0.2) is 30.7 Å². The number of aromatic nitrogens is 5. The number of hydrogen-bond donors (Lipinski definition) is 1.